The topological polar surface area (TPSA) is 84.6 Å². The third-order valence-electron chi connectivity index (χ3n) is 13.5. The third-order valence-corrected chi connectivity index (χ3v) is 13.5. The highest BCUT2D eigenvalue weighted by Gasteiger charge is 2.38. The highest BCUT2D eigenvalue weighted by Crippen LogP contribution is 2.26. The lowest BCUT2D eigenvalue weighted by molar-refractivity contribution is -0.192. The van der Waals surface area contributed by atoms with E-state index in [1.807, 2.05) is 0 Å². The highest BCUT2D eigenvalue weighted by molar-refractivity contribution is 5.91. The zero-order valence-corrected chi connectivity index (χ0v) is 44.1. The summed E-state index contributed by atoms with van der Waals surface area (Å²) in [6.45, 7) is 11.6. The van der Waals surface area contributed by atoms with Crippen molar-refractivity contribution in [2.75, 3.05) is 26.4 Å². The predicted octanol–water partition coefficient (Wildman–Crippen LogP) is 19.8. The Labute approximate surface area is 401 Å². The lowest BCUT2D eigenvalue weighted by atomic mass is 10.0. The van der Waals surface area contributed by atoms with Crippen molar-refractivity contribution in [3.63, 3.8) is 0 Å². The number of unbranched alkanes of at least 4 members (excludes halogenated alkanes) is 40. The number of hydrogen-bond donors (Lipinski definition) is 2. The van der Waals surface area contributed by atoms with Gasteiger partial charge in [-0.2, -0.15) is 0 Å². The van der Waals surface area contributed by atoms with E-state index in [0.29, 0.717) is 38.6 Å². The largest absolute Gasteiger partial charge is 0.352 e. The summed E-state index contributed by atoms with van der Waals surface area (Å²) in [6.07, 6.45) is 58.5. The van der Waals surface area contributed by atoms with Gasteiger partial charge in [-0.1, -0.05) is 285 Å². The standard InChI is InChI=1S/C58H116N2O4/c1-5-9-13-17-21-25-29-31-35-39-43-47-53-63-58(49-50-59,64-54-48-44-40-36-32-30-26-22-18-14-10-6-2)56(60)55-57(61-51-45-41-37-33-27-23-19-15-11-7-3)62-52-46-42-38-34-28-24-20-16-12-8-4/h50,57,59-60H,5-49,51-55H2,1-4H3. The summed E-state index contributed by atoms with van der Waals surface area (Å²) >= 11 is 0. The van der Waals surface area contributed by atoms with E-state index >= 15 is 0 Å². The summed E-state index contributed by atoms with van der Waals surface area (Å²) in [6, 6.07) is 0. The van der Waals surface area contributed by atoms with Crippen molar-refractivity contribution in [3.05, 3.63) is 0 Å². The first-order valence-corrected chi connectivity index (χ1v) is 29.2. The molecule has 0 bridgehead atoms. The van der Waals surface area contributed by atoms with Gasteiger partial charge in [-0.3, -0.25) is 0 Å². The molecule has 0 heterocycles. The highest BCUT2D eigenvalue weighted by atomic mass is 16.7. The SMILES string of the molecule is CCCCCCCCCCCCCCOC(CC=N)(OCCCCCCCCCCCCCC)C(=N)CC(OCCCCCCCCCCCC)OCCCCCCCCCCCC. The van der Waals surface area contributed by atoms with Crippen molar-refractivity contribution >= 4 is 11.9 Å². The van der Waals surface area contributed by atoms with Gasteiger partial charge >= 0.3 is 0 Å². The molecule has 64 heavy (non-hydrogen) atoms. The van der Waals surface area contributed by atoms with E-state index in [0.717, 1.165) is 38.5 Å². The van der Waals surface area contributed by atoms with E-state index in [2.05, 4.69) is 27.7 Å². The molecule has 0 fully saturated rings. The molecule has 0 saturated carbocycles. The van der Waals surface area contributed by atoms with Gasteiger partial charge in [-0.25, -0.2) is 0 Å². The minimum Gasteiger partial charge on any atom is -0.352 e. The summed E-state index contributed by atoms with van der Waals surface area (Å²) in [5, 5.41) is 17.8. The van der Waals surface area contributed by atoms with Crippen molar-refractivity contribution in [2.24, 2.45) is 0 Å². The molecule has 2 N–H and O–H groups in total. The number of nitrogens with one attached hydrogen (secondary N) is 2. The number of ether oxygens (including phenoxy) is 4. The van der Waals surface area contributed by atoms with Crippen LogP contribution in [0.3, 0.4) is 0 Å². The Balaban J connectivity index is 5.29. The maximum atomic E-state index is 9.55. The number of hydrogen-bond acceptors (Lipinski definition) is 6. The van der Waals surface area contributed by atoms with Gasteiger partial charge in [-0.05, 0) is 25.7 Å². The molecule has 6 heteroatoms. The molecule has 6 nitrogen and oxygen atoms in total. The molecule has 0 aliphatic carbocycles. The predicted molar refractivity (Wildman–Crippen MR) is 282 cm³/mol. The first-order valence-electron chi connectivity index (χ1n) is 29.2. The van der Waals surface area contributed by atoms with Gasteiger partial charge < -0.3 is 29.8 Å². The maximum absolute atomic E-state index is 9.55. The van der Waals surface area contributed by atoms with Crippen LogP contribution >= 0.6 is 0 Å². The molecule has 0 saturated heterocycles. The van der Waals surface area contributed by atoms with Gasteiger partial charge in [0.1, 0.15) is 0 Å². The lowest BCUT2D eigenvalue weighted by Crippen LogP contribution is -2.47. The zero-order chi connectivity index (χ0) is 46.5. The zero-order valence-electron chi connectivity index (χ0n) is 44.1. The Morgan fingerprint density at radius 3 is 0.797 bits per heavy atom. The minimum atomic E-state index is -1.23. The molecule has 0 unspecified atom stereocenters. The minimum absolute atomic E-state index is 0.256. The lowest BCUT2D eigenvalue weighted by Gasteiger charge is -2.35. The van der Waals surface area contributed by atoms with Gasteiger partial charge in [0.2, 0.25) is 5.79 Å². The summed E-state index contributed by atoms with van der Waals surface area (Å²) < 4.78 is 26.2. The van der Waals surface area contributed by atoms with Crippen molar-refractivity contribution in [3.8, 4) is 0 Å². The van der Waals surface area contributed by atoms with E-state index in [-0.39, 0.29) is 6.42 Å². The van der Waals surface area contributed by atoms with Gasteiger partial charge in [0.25, 0.3) is 0 Å². The summed E-state index contributed by atoms with van der Waals surface area (Å²) in [7, 11) is 0. The van der Waals surface area contributed by atoms with E-state index in [4.69, 9.17) is 24.4 Å². The van der Waals surface area contributed by atoms with Crippen molar-refractivity contribution in [2.45, 2.75) is 335 Å². The molecular formula is C58H116N2O4. The molecule has 0 aliphatic heterocycles. The van der Waals surface area contributed by atoms with Crippen LogP contribution in [0.2, 0.25) is 0 Å². The molecular weight excluding hydrogens is 789 g/mol. The first kappa shape index (κ1) is 63.2. The molecule has 0 aliphatic rings. The Hall–Kier alpha value is -0.820. The van der Waals surface area contributed by atoms with Crippen molar-refractivity contribution in [1.29, 1.82) is 10.8 Å². The van der Waals surface area contributed by atoms with Crippen molar-refractivity contribution < 1.29 is 18.9 Å². The van der Waals surface area contributed by atoms with Crippen LogP contribution in [0.5, 0.6) is 0 Å². The maximum Gasteiger partial charge on any atom is 0.212 e. The molecule has 0 rings (SSSR count). The van der Waals surface area contributed by atoms with Crippen LogP contribution in [-0.2, 0) is 18.9 Å². The van der Waals surface area contributed by atoms with E-state index < -0.39 is 12.1 Å². The number of rotatable bonds is 57. The van der Waals surface area contributed by atoms with Crippen LogP contribution in [0.15, 0.2) is 0 Å². The second-order valence-electron chi connectivity index (χ2n) is 19.9. The van der Waals surface area contributed by atoms with E-state index in [9.17, 15) is 5.41 Å². The molecule has 0 radical (unpaired) electrons. The van der Waals surface area contributed by atoms with E-state index in [1.165, 1.54) is 250 Å². The quantitative estimate of drug-likeness (QED) is 0.0362. The summed E-state index contributed by atoms with van der Waals surface area (Å²) in [4.78, 5) is 0. The Kier molecular flexibility index (Phi) is 52.5. The first-order chi connectivity index (χ1) is 31.6. The smallest absolute Gasteiger partial charge is 0.212 e. The second kappa shape index (κ2) is 53.1. The molecule has 0 atom stereocenters. The Morgan fingerprint density at radius 2 is 0.562 bits per heavy atom. The average molecular weight is 906 g/mol. The van der Waals surface area contributed by atoms with Crippen LogP contribution in [0.4, 0.5) is 0 Å². The van der Waals surface area contributed by atoms with Gasteiger partial charge in [0, 0.05) is 32.3 Å². The van der Waals surface area contributed by atoms with Gasteiger partial charge in [-0.15, -0.1) is 0 Å². The molecule has 0 aromatic carbocycles. The summed E-state index contributed by atoms with van der Waals surface area (Å²) in [5.41, 5.74) is 0.366. The normalized spacial score (nSPS) is 12.0. The van der Waals surface area contributed by atoms with Crippen LogP contribution in [0.25, 0.3) is 0 Å². The fourth-order valence-electron chi connectivity index (χ4n) is 9.05. The van der Waals surface area contributed by atoms with Crippen LogP contribution in [0.1, 0.15) is 323 Å². The summed E-state index contributed by atoms with van der Waals surface area (Å²) in [5.74, 6) is -1.23. The van der Waals surface area contributed by atoms with Crippen LogP contribution in [0, 0.1) is 10.8 Å². The molecule has 0 aromatic rings. The third kappa shape index (κ3) is 43.7. The Bertz CT molecular complexity index is 859. The molecule has 0 amide bonds. The monoisotopic (exact) mass is 905 g/mol. The fourth-order valence-corrected chi connectivity index (χ4v) is 9.05. The van der Waals surface area contributed by atoms with Gasteiger partial charge in [0.05, 0.1) is 18.9 Å². The second-order valence-corrected chi connectivity index (χ2v) is 19.9. The van der Waals surface area contributed by atoms with Gasteiger partial charge in [0.15, 0.2) is 6.29 Å². The molecule has 382 valence electrons. The average Bonchev–Trinajstić information content (AvgIpc) is 3.30. The molecule has 0 aromatic heterocycles. The van der Waals surface area contributed by atoms with E-state index in [1.54, 1.807) is 0 Å². The molecule has 0 spiro atoms. The fraction of sp³-hybridized carbons (Fsp3) is 0.966. The van der Waals surface area contributed by atoms with Crippen molar-refractivity contribution in [1.82, 2.24) is 0 Å². The van der Waals surface area contributed by atoms with Crippen LogP contribution < -0.4 is 0 Å². The Morgan fingerprint density at radius 1 is 0.344 bits per heavy atom. The van der Waals surface area contributed by atoms with Crippen LogP contribution in [-0.4, -0.2) is 50.4 Å².